The zero-order valence-corrected chi connectivity index (χ0v) is 14.9. The molecule has 0 bridgehead atoms. The van der Waals surface area contributed by atoms with E-state index in [0.29, 0.717) is 6.29 Å². The highest BCUT2D eigenvalue weighted by Crippen LogP contribution is 2.49. The number of hydrogen-bond donors (Lipinski definition) is 0. The minimum atomic E-state index is -0.0178. The van der Waals surface area contributed by atoms with Crippen molar-refractivity contribution in [2.24, 2.45) is 0 Å². The van der Waals surface area contributed by atoms with E-state index in [9.17, 15) is 4.79 Å². The molecule has 0 aliphatic heterocycles. The van der Waals surface area contributed by atoms with Crippen molar-refractivity contribution in [1.29, 1.82) is 0 Å². The second kappa shape index (κ2) is 6.67. The molecule has 0 atom stereocenters. The second-order valence-corrected chi connectivity index (χ2v) is 6.42. The predicted molar refractivity (Wildman–Crippen MR) is 90.1 cm³/mol. The zero-order valence-electron chi connectivity index (χ0n) is 9.66. The van der Waals surface area contributed by atoms with E-state index in [1.165, 1.54) is 6.20 Å². The number of aromatic nitrogens is 1. The fourth-order valence-electron chi connectivity index (χ4n) is 1.57. The predicted octanol–water partition coefficient (Wildman–Crippen LogP) is 7.13. The highest BCUT2D eigenvalue weighted by Gasteiger charge is 2.24. The van der Waals surface area contributed by atoms with E-state index < -0.39 is 0 Å². The van der Waals surface area contributed by atoms with E-state index in [2.05, 4.69) is 4.98 Å². The van der Waals surface area contributed by atoms with Crippen LogP contribution in [0, 0.1) is 0 Å². The fraction of sp³-hybridized carbons (Fsp3) is 0. The molecule has 2 aromatic rings. The van der Waals surface area contributed by atoms with Gasteiger partial charge in [-0.15, -0.1) is 0 Å². The minimum Gasteiger partial charge on any atom is -0.298 e. The molecule has 1 aromatic heterocycles. The van der Waals surface area contributed by atoms with Crippen molar-refractivity contribution >= 4 is 87.5 Å². The van der Waals surface area contributed by atoms with E-state index in [4.69, 9.17) is 81.2 Å². The molecule has 2 rings (SSSR count). The molecule has 0 amide bonds. The van der Waals surface area contributed by atoms with Gasteiger partial charge in [0.15, 0.2) is 6.29 Å². The van der Waals surface area contributed by atoms with Crippen molar-refractivity contribution in [3.05, 3.63) is 46.9 Å². The van der Waals surface area contributed by atoms with Crippen molar-refractivity contribution in [1.82, 2.24) is 4.98 Å². The van der Waals surface area contributed by atoms with Gasteiger partial charge in [-0.3, -0.25) is 9.78 Å². The summed E-state index contributed by atoms with van der Waals surface area (Å²) in [5.41, 5.74) is 0.346. The first-order chi connectivity index (χ1) is 9.81. The van der Waals surface area contributed by atoms with Crippen LogP contribution in [0.2, 0.25) is 35.2 Å². The Hall–Kier alpha value is 0.0700. The molecular weight excluding hydrogens is 422 g/mol. The van der Waals surface area contributed by atoms with Crippen LogP contribution in [0.1, 0.15) is 10.4 Å². The Morgan fingerprint density at radius 3 is 1.71 bits per heavy atom. The van der Waals surface area contributed by atoms with Gasteiger partial charge in [0.05, 0.1) is 46.4 Å². The van der Waals surface area contributed by atoms with Crippen LogP contribution in [-0.2, 0) is 0 Å². The Kier molecular flexibility index (Phi) is 5.54. The molecule has 0 saturated carbocycles. The average Bonchev–Trinajstić information content (AvgIpc) is 2.46. The topological polar surface area (TPSA) is 30.0 Å². The molecule has 0 saturated heterocycles. The maximum atomic E-state index is 11.1. The summed E-state index contributed by atoms with van der Waals surface area (Å²) < 4.78 is 0. The van der Waals surface area contributed by atoms with E-state index in [0.717, 1.165) is 0 Å². The molecule has 21 heavy (non-hydrogen) atoms. The molecule has 0 unspecified atom stereocenters. The van der Waals surface area contributed by atoms with Gasteiger partial charge in [0, 0.05) is 11.8 Å². The number of aldehydes is 1. The standard InChI is InChI=1S/C12H2Cl7NO/c13-4-1-20-12(6(14)3(4)2-21)5-7(15)9(17)11(19)10(18)8(5)16/h1-2H. The SMILES string of the molecule is O=Cc1c(Cl)cnc(-c2c(Cl)c(Cl)c(Cl)c(Cl)c2Cl)c1Cl. The molecule has 0 aliphatic carbocycles. The molecule has 0 N–H and O–H groups in total. The summed E-state index contributed by atoms with van der Waals surface area (Å²) in [4.78, 5) is 15.1. The van der Waals surface area contributed by atoms with Crippen molar-refractivity contribution in [3.8, 4) is 11.3 Å². The number of rotatable bonds is 2. The lowest BCUT2D eigenvalue weighted by molar-refractivity contribution is 0.112. The van der Waals surface area contributed by atoms with Crippen LogP contribution in [0.3, 0.4) is 0 Å². The smallest absolute Gasteiger partial charge is 0.153 e. The van der Waals surface area contributed by atoms with Crippen LogP contribution in [0.4, 0.5) is 0 Å². The Balaban J connectivity index is 2.89. The third kappa shape index (κ3) is 2.96. The zero-order chi connectivity index (χ0) is 15.9. The summed E-state index contributed by atoms with van der Waals surface area (Å²) in [6, 6.07) is 0. The molecule has 2 nitrogen and oxygen atoms in total. The molecule has 9 heteroatoms. The lowest BCUT2D eigenvalue weighted by atomic mass is 10.1. The Labute approximate surface area is 154 Å². The van der Waals surface area contributed by atoms with Gasteiger partial charge in [-0.25, -0.2) is 0 Å². The van der Waals surface area contributed by atoms with E-state index in [-0.39, 0.29) is 52.0 Å². The first-order valence-electron chi connectivity index (χ1n) is 5.12. The van der Waals surface area contributed by atoms with Gasteiger partial charge >= 0.3 is 0 Å². The summed E-state index contributed by atoms with van der Waals surface area (Å²) in [5, 5.41) is 0.131. The van der Waals surface area contributed by atoms with Crippen molar-refractivity contribution in [2.45, 2.75) is 0 Å². The van der Waals surface area contributed by atoms with Crippen molar-refractivity contribution < 1.29 is 4.79 Å². The maximum Gasteiger partial charge on any atom is 0.153 e. The van der Waals surface area contributed by atoms with Gasteiger partial charge in [0.25, 0.3) is 0 Å². The Morgan fingerprint density at radius 2 is 1.24 bits per heavy atom. The van der Waals surface area contributed by atoms with Crippen LogP contribution < -0.4 is 0 Å². The van der Waals surface area contributed by atoms with Gasteiger partial charge in [-0.2, -0.15) is 0 Å². The van der Waals surface area contributed by atoms with Crippen LogP contribution >= 0.6 is 81.2 Å². The molecule has 0 radical (unpaired) electrons. The monoisotopic (exact) mass is 421 g/mol. The van der Waals surface area contributed by atoms with Crippen molar-refractivity contribution in [3.63, 3.8) is 0 Å². The van der Waals surface area contributed by atoms with E-state index in [1.807, 2.05) is 0 Å². The number of nitrogens with zero attached hydrogens (tertiary/aromatic N) is 1. The van der Waals surface area contributed by atoms with Gasteiger partial charge in [0.2, 0.25) is 0 Å². The number of benzene rings is 1. The average molecular weight is 424 g/mol. The number of carbonyl (C=O) groups excluding carboxylic acids is 1. The van der Waals surface area contributed by atoms with Crippen molar-refractivity contribution in [2.75, 3.05) is 0 Å². The van der Waals surface area contributed by atoms with Gasteiger partial charge < -0.3 is 0 Å². The van der Waals surface area contributed by atoms with Crippen LogP contribution in [0.5, 0.6) is 0 Å². The largest absolute Gasteiger partial charge is 0.298 e. The molecule has 0 spiro atoms. The number of hydrogen-bond acceptors (Lipinski definition) is 2. The lowest BCUT2D eigenvalue weighted by Gasteiger charge is -2.14. The quantitative estimate of drug-likeness (QED) is 0.292. The van der Waals surface area contributed by atoms with E-state index in [1.54, 1.807) is 0 Å². The Bertz CT molecular complexity index is 731. The summed E-state index contributed by atoms with van der Waals surface area (Å²) in [6.07, 6.45) is 1.74. The first kappa shape index (κ1) is 17.4. The molecule has 110 valence electrons. The highest BCUT2D eigenvalue weighted by molar-refractivity contribution is 6.56. The Morgan fingerprint density at radius 1 is 0.762 bits per heavy atom. The van der Waals surface area contributed by atoms with Crippen LogP contribution in [-0.4, -0.2) is 11.3 Å². The normalized spacial score (nSPS) is 10.8. The third-order valence-electron chi connectivity index (χ3n) is 2.57. The minimum absolute atomic E-state index is 0.00297. The number of pyridine rings is 1. The van der Waals surface area contributed by atoms with Crippen LogP contribution in [0.25, 0.3) is 11.3 Å². The van der Waals surface area contributed by atoms with E-state index >= 15 is 0 Å². The number of carbonyl (C=O) groups is 1. The number of halogens is 7. The summed E-state index contributed by atoms with van der Waals surface area (Å²) in [6.45, 7) is 0. The highest BCUT2D eigenvalue weighted by atomic mass is 35.5. The molecular formula is C12H2Cl7NO. The summed E-state index contributed by atoms with van der Waals surface area (Å²) in [5.74, 6) is 0. The summed E-state index contributed by atoms with van der Waals surface area (Å²) >= 11 is 42.1. The first-order valence-corrected chi connectivity index (χ1v) is 7.76. The summed E-state index contributed by atoms with van der Waals surface area (Å²) in [7, 11) is 0. The molecule has 0 fully saturated rings. The fourth-order valence-corrected chi connectivity index (χ4v) is 3.42. The van der Waals surface area contributed by atoms with Crippen LogP contribution in [0.15, 0.2) is 6.20 Å². The lowest BCUT2D eigenvalue weighted by Crippen LogP contribution is -1.95. The molecule has 1 heterocycles. The molecule has 1 aromatic carbocycles. The van der Waals surface area contributed by atoms with Gasteiger partial charge in [-0.1, -0.05) is 81.2 Å². The van der Waals surface area contributed by atoms with Gasteiger partial charge in [-0.05, 0) is 0 Å². The maximum absolute atomic E-state index is 11.1. The third-order valence-corrected chi connectivity index (χ3v) is 5.53. The van der Waals surface area contributed by atoms with Gasteiger partial charge in [0.1, 0.15) is 0 Å². The second-order valence-electron chi connectivity index (χ2n) is 3.75. The molecule has 0 aliphatic rings.